The monoisotopic (exact) mass is 762 g/mol. The number of nitrogens with zero attached hydrogens (tertiary/aromatic N) is 11. The van der Waals surface area contributed by atoms with Gasteiger partial charge in [0.15, 0.2) is 11.3 Å². The summed E-state index contributed by atoms with van der Waals surface area (Å²) in [7, 11) is 8.46. The van der Waals surface area contributed by atoms with Crippen molar-refractivity contribution in [3.05, 3.63) is 79.4 Å². The van der Waals surface area contributed by atoms with Crippen molar-refractivity contribution < 1.29 is 0 Å². The van der Waals surface area contributed by atoms with Gasteiger partial charge in [0, 0.05) is 81.1 Å². The molecular formula is C43H63N13. The van der Waals surface area contributed by atoms with E-state index in [1.165, 1.54) is 17.7 Å². The zero-order valence-electron chi connectivity index (χ0n) is 34.9. The average molecular weight is 762 g/mol. The highest BCUT2D eigenvalue weighted by molar-refractivity contribution is 5.76. The number of hydrogen-bond acceptors (Lipinski definition) is 11. The summed E-state index contributed by atoms with van der Waals surface area (Å²) in [5.74, 6) is 1.69. The third-order valence-electron chi connectivity index (χ3n) is 10.2. The smallest absolute Gasteiger partial charge is 0.181 e. The highest BCUT2D eigenvalue weighted by Gasteiger charge is 2.13. The largest absolute Gasteiger partial charge is 0.369 e. The van der Waals surface area contributed by atoms with E-state index in [0.29, 0.717) is 5.65 Å². The van der Waals surface area contributed by atoms with E-state index >= 15 is 0 Å². The fourth-order valence-electron chi connectivity index (χ4n) is 6.53. The molecule has 0 aliphatic rings. The van der Waals surface area contributed by atoms with Crippen molar-refractivity contribution in [2.24, 2.45) is 0 Å². The molecule has 4 heterocycles. The summed E-state index contributed by atoms with van der Waals surface area (Å²) in [5, 5.41) is 0. The molecule has 4 aromatic heterocycles. The Morgan fingerprint density at radius 3 is 1.38 bits per heavy atom. The lowest BCUT2D eigenvalue weighted by Gasteiger charge is -2.30. The molecule has 2 aromatic carbocycles. The van der Waals surface area contributed by atoms with Gasteiger partial charge in [-0.05, 0) is 115 Å². The van der Waals surface area contributed by atoms with Gasteiger partial charge >= 0.3 is 0 Å². The summed E-state index contributed by atoms with van der Waals surface area (Å²) in [6.07, 6.45) is 5.05. The van der Waals surface area contributed by atoms with E-state index in [9.17, 15) is 0 Å². The predicted molar refractivity (Wildman–Crippen MR) is 234 cm³/mol. The quantitative estimate of drug-likeness (QED) is 0.0946. The molecule has 0 fully saturated rings. The Hall–Kier alpha value is -4.95. The van der Waals surface area contributed by atoms with E-state index in [2.05, 4.69) is 169 Å². The van der Waals surface area contributed by atoms with Crippen LogP contribution in [0.15, 0.2) is 79.4 Å². The molecule has 13 heteroatoms. The van der Waals surface area contributed by atoms with Crippen molar-refractivity contribution in [1.82, 2.24) is 54.5 Å². The molecule has 0 bridgehead atoms. The number of rotatable bonds is 20. The summed E-state index contributed by atoms with van der Waals surface area (Å²) in [6, 6.07) is 21.2. The molecule has 0 radical (unpaired) electrons. The topological polar surface area (TPSA) is 115 Å². The maximum Gasteiger partial charge on any atom is 0.181 e. The lowest BCUT2D eigenvalue weighted by atomic mass is 10.2. The van der Waals surface area contributed by atoms with Gasteiger partial charge in [0.05, 0.1) is 11.7 Å². The summed E-state index contributed by atoms with van der Waals surface area (Å²) >= 11 is 0. The number of imidazole rings is 2. The van der Waals surface area contributed by atoms with E-state index in [4.69, 9.17) is 0 Å². The Labute approximate surface area is 333 Å². The Bertz CT molecular complexity index is 1900. The first-order chi connectivity index (χ1) is 27.2. The molecule has 2 N–H and O–H groups in total. The van der Waals surface area contributed by atoms with E-state index < -0.39 is 0 Å². The molecule has 6 rings (SSSR count). The van der Waals surface area contributed by atoms with Gasteiger partial charge in [0.2, 0.25) is 0 Å². The molecule has 300 valence electrons. The van der Waals surface area contributed by atoms with Crippen molar-refractivity contribution in [3.8, 4) is 22.8 Å². The number of benzene rings is 2. The van der Waals surface area contributed by atoms with Crippen molar-refractivity contribution >= 4 is 33.7 Å². The normalized spacial score (nSPS) is 11.6. The first kappa shape index (κ1) is 42.2. The lowest BCUT2D eigenvalue weighted by molar-refractivity contribution is 0.294. The van der Waals surface area contributed by atoms with Crippen LogP contribution in [0.1, 0.15) is 27.7 Å². The van der Waals surface area contributed by atoms with Gasteiger partial charge in [-0.1, -0.05) is 27.7 Å². The number of anilines is 2. The standard InChI is InChI=1S/C23H35N7.C20H28N6/c1-5-28(6-2)13-15-30(16-14-29(7-3)8-4)20-11-9-19(10-12-20)22-26-21-17-24-18-25-23(21)27-22;1-24(2)12-14-26(15-13-25(3)4)17-9-7-16(8-10-17)19-22-18-6-5-11-21-20(18)23-19/h9-12,17-18H,5-8,13-16H2,1-4H3,(H,24,25,26,27);5-11H,12-15H2,1-4H3,(H,21,22,23). The molecular weight excluding hydrogens is 699 g/mol. The molecule has 13 nitrogen and oxygen atoms in total. The molecule has 0 spiro atoms. The lowest BCUT2D eigenvalue weighted by Crippen LogP contribution is -2.39. The third kappa shape index (κ3) is 12.0. The maximum atomic E-state index is 4.59. The number of nitrogens with one attached hydrogen (secondary N) is 2. The van der Waals surface area contributed by atoms with Crippen LogP contribution in [0, 0.1) is 0 Å². The average Bonchev–Trinajstić information content (AvgIpc) is 3.86. The van der Waals surface area contributed by atoms with Crippen LogP contribution < -0.4 is 9.80 Å². The Morgan fingerprint density at radius 1 is 0.500 bits per heavy atom. The maximum absolute atomic E-state index is 4.59. The number of fused-ring (bicyclic) bond motifs is 2. The molecule has 0 saturated carbocycles. The number of aromatic nitrogens is 7. The Morgan fingerprint density at radius 2 is 0.946 bits per heavy atom. The van der Waals surface area contributed by atoms with Crippen molar-refractivity contribution in [2.75, 3.05) is 117 Å². The highest BCUT2D eigenvalue weighted by atomic mass is 15.2. The van der Waals surface area contributed by atoms with Gasteiger partial charge in [0.1, 0.15) is 23.5 Å². The first-order valence-corrected chi connectivity index (χ1v) is 20.1. The summed E-state index contributed by atoms with van der Waals surface area (Å²) in [5.41, 5.74) is 7.91. The van der Waals surface area contributed by atoms with Gasteiger partial charge in [-0.15, -0.1) is 0 Å². The predicted octanol–water partition coefficient (Wildman–Crippen LogP) is 6.06. The number of pyridine rings is 1. The molecule has 6 aromatic rings. The van der Waals surface area contributed by atoms with Gasteiger partial charge in [-0.3, -0.25) is 0 Å². The highest BCUT2D eigenvalue weighted by Crippen LogP contribution is 2.24. The van der Waals surface area contributed by atoms with Crippen molar-refractivity contribution in [2.45, 2.75) is 27.7 Å². The second-order valence-corrected chi connectivity index (χ2v) is 14.5. The minimum absolute atomic E-state index is 0.698. The van der Waals surface area contributed by atoms with Crippen LogP contribution >= 0.6 is 0 Å². The number of H-pyrrole nitrogens is 2. The Kier molecular flexibility index (Phi) is 16.1. The zero-order valence-corrected chi connectivity index (χ0v) is 34.9. The second kappa shape index (κ2) is 21.4. The van der Waals surface area contributed by atoms with Crippen LogP contribution in [0.2, 0.25) is 0 Å². The minimum Gasteiger partial charge on any atom is -0.369 e. The van der Waals surface area contributed by atoms with Crippen LogP contribution in [0.4, 0.5) is 11.4 Å². The zero-order chi connectivity index (χ0) is 39.9. The van der Waals surface area contributed by atoms with E-state index in [1.807, 2.05) is 12.1 Å². The minimum atomic E-state index is 0.698. The van der Waals surface area contributed by atoms with Gasteiger partial charge in [-0.25, -0.2) is 24.9 Å². The summed E-state index contributed by atoms with van der Waals surface area (Å²) in [6.45, 7) is 21.6. The van der Waals surface area contributed by atoms with Crippen LogP contribution in [0.25, 0.3) is 45.1 Å². The van der Waals surface area contributed by atoms with Crippen molar-refractivity contribution in [1.29, 1.82) is 0 Å². The molecule has 0 atom stereocenters. The van der Waals surface area contributed by atoms with Gasteiger partial charge in [-0.2, -0.15) is 0 Å². The van der Waals surface area contributed by atoms with E-state index in [1.54, 1.807) is 12.4 Å². The molecule has 0 saturated heterocycles. The molecule has 0 aliphatic heterocycles. The molecule has 56 heavy (non-hydrogen) atoms. The number of likely N-dealkylation sites (N-methyl/N-ethyl adjacent to an activating group) is 4. The van der Waals surface area contributed by atoms with E-state index in [-0.39, 0.29) is 0 Å². The van der Waals surface area contributed by atoms with Crippen molar-refractivity contribution in [3.63, 3.8) is 0 Å². The number of hydrogen-bond donors (Lipinski definition) is 2. The molecule has 0 aliphatic carbocycles. The fourth-order valence-corrected chi connectivity index (χ4v) is 6.53. The van der Waals surface area contributed by atoms with Gasteiger partial charge in [0.25, 0.3) is 0 Å². The molecule has 0 unspecified atom stereocenters. The Balaban J connectivity index is 0.000000216. The third-order valence-corrected chi connectivity index (χ3v) is 10.2. The summed E-state index contributed by atoms with van der Waals surface area (Å²) in [4.78, 5) is 42.7. The first-order valence-electron chi connectivity index (χ1n) is 20.1. The van der Waals surface area contributed by atoms with Gasteiger partial charge < -0.3 is 39.4 Å². The van der Waals surface area contributed by atoms with Crippen LogP contribution in [-0.4, -0.2) is 161 Å². The van der Waals surface area contributed by atoms with E-state index in [0.717, 1.165) is 118 Å². The fraction of sp³-hybridized carbons (Fsp3) is 0.465. The summed E-state index contributed by atoms with van der Waals surface area (Å²) < 4.78 is 0. The number of aromatic amines is 2. The van der Waals surface area contributed by atoms with Crippen LogP contribution in [-0.2, 0) is 0 Å². The molecule has 0 amide bonds. The second-order valence-electron chi connectivity index (χ2n) is 14.5. The van der Waals surface area contributed by atoms with Crippen LogP contribution in [0.5, 0.6) is 0 Å². The SMILES string of the molecule is CCN(CC)CCN(CCN(CC)CC)c1ccc(-c2nc3ncncc3[nH]2)cc1.CN(C)CCN(CCN(C)C)c1ccc(-c2nc3ncccc3[nH]2)cc1. The van der Waals surface area contributed by atoms with Crippen LogP contribution in [0.3, 0.4) is 0 Å².